The first kappa shape index (κ1) is 18.5. The molecule has 0 N–H and O–H groups in total. The third kappa shape index (κ3) is 4.38. The molecule has 25 heavy (non-hydrogen) atoms. The van der Waals surface area contributed by atoms with Crippen LogP contribution in [-0.4, -0.2) is 38.4 Å². The van der Waals surface area contributed by atoms with Gasteiger partial charge in [-0.2, -0.15) is 0 Å². The Balaban J connectivity index is 2.20. The average molecular weight is 373 g/mol. The van der Waals surface area contributed by atoms with E-state index in [4.69, 9.17) is 4.74 Å². The maximum absolute atomic E-state index is 12.5. The molecular weight excluding hydrogens is 360 g/mol. The van der Waals surface area contributed by atoms with Crippen molar-refractivity contribution in [2.45, 2.75) is 11.3 Å². The Morgan fingerprint density at radius 2 is 1.88 bits per heavy atom. The summed E-state index contributed by atoms with van der Waals surface area (Å²) in [6.07, 6.45) is -1.57. The molecular formula is C14H13F2N3O5S. The number of halogens is 2. The molecule has 134 valence electrons. The van der Waals surface area contributed by atoms with Gasteiger partial charge in [0.05, 0.1) is 10.6 Å². The molecule has 1 heterocycles. The number of hydrogen-bond donors (Lipinski definition) is 0. The second kappa shape index (κ2) is 7.38. The molecule has 0 atom stereocenters. The van der Waals surface area contributed by atoms with Crippen molar-refractivity contribution >= 4 is 21.5 Å². The molecule has 0 unspecified atom stereocenters. The standard InChI is InChI=1S/C14H13F2N3O5S/c1-18(10-2-7-14(17-8-10)19(20)21)25(22,23)12-5-3-11(4-6-12)24-9-13(15)16/h2-8,13H,9H2,1H3. The van der Waals surface area contributed by atoms with Crippen molar-refractivity contribution in [3.8, 4) is 5.75 Å². The summed E-state index contributed by atoms with van der Waals surface area (Å²) in [6.45, 7) is -0.791. The highest BCUT2D eigenvalue weighted by molar-refractivity contribution is 7.92. The number of hydrogen-bond acceptors (Lipinski definition) is 6. The molecule has 0 spiro atoms. The zero-order chi connectivity index (χ0) is 18.6. The smallest absolute Gasteiger partial charge is 0.363 e. The maximum atomic E-state index is 12.5. The molecule has 0 saturated carbocycles. The summed E-state index contributed by atoms with van der Waals surface area (Å²) in [7, 11) is -2.69. The molecule has 0 radical (unpaired) electrons. The van der Waals surface area contributed by atoms with Crippen LogP contribution in [0.15, 0.2) is 47.5 Å². The normalized spacial score (nSPS) is 11.4. The van der Waals surface area contributed by atoms with E-state index in [0.29, 0.717) is 0 Å². The number of nitrogens with zero attached hydrogens (tertiary/aromatic N) is 3. The van der Waals surface area contributed by atoms with Gasteiger partial charge < -0.3 is 14.9 Å². The van der Waals surface area contributed by atoms with Gasteiger partial charge in [-0.25, -0.2) is 17.2 Å². The second-order valence-electron chi connectivity index (χ2n) is 4.78. The van der Waals surface area contributed by atoms with Crippen molar-refractivity contribution in [1.82, 2.24) is 4.98 Å². The number of nitro groups is 1. The van der Waals surface area contributed by atoms with Crippen molar-refractivity contribution in [2.75, 3.05) is 18.0 Å². The molecule has 2 rings (SSSR count). The van der Waals surface area contributed by atoms with Crippen LogP contribution < -0.4 is 9.04 Å². The lowest BCUT2D eigenvalue weighted by atomic mass is 10.3. The molecule has 0 saturated heterocycles. The van der Waals surface area contributed by atoms with Gasteiger partial charge in [0.25, 0.3) is 16.4 Å². The van der Waals surface area contributed by atoms with Crippen LogP contribution in [0.5, 0.6) is 5.75 Å². The van der Waals surface area contributed by atoms with Crippen LogP contribution in [0.3, 0.4) is 0 Å². The minimum Gasteiger partial charge on any atom is -0.488 e. The molecule has 0 bridgehead atoms. The number of benzene rings is 1. The van der Waals surface area contributed by atoms with Gasteiger partial charge in [0.2, 0.25) is 0 Å². The first-order chi connectivity index (χ1) is 11.7. The first-order valence-corrected chi connectivity index (χ1v) is 8.26. The van der Waals surface area contributed by atoms with E-state index in [2.05, 4.69) is 4.98 Å². The highest BCUT2D eigenvalue weighted by Crippen LogP contribution is 2.24. The van der Waals surface area contributed by atoms with E-state index in [1.165, 1.54) is 37.4 Å². The highest BCUT2D eigenvalue weighted by atomic mass is 32.2. The minimum atomic E-state index is -3.95. The van der Waals surface area contributed by atoms with Crippen molar-refractivity contribution in [3.05, 3.63) is 52.7 Å². The number of sulfonamides is 1. The lowest BCUT2D eigenvalue weighted by Gasteiger charge is -2.18. The molecule has 0 aliphatic heterocycles. The number of aromatic nitrogens is 1. The lowest BCUT2D eigenvalue weighted by Crippen LogP contribution is -2.26. The third-order valence-electron chi connectivity index (χ3n) is 3.14. The molecule has 11 heteroatoms. The fourth-order valence-corrected chi connectivity index (χ4v) is 3.02. The largest absolute Gasteiger partial charge is 0.488 e. The van der Waals surface area contributed by atoms with Crippen LogP contribution in [-0.2, 0) is 10.0 Å². The van der Waals surface area contributed by atoms with Crippen LogP contribution in [0.25, 0.3) is 0 Å². The molecule has 0 amide bonds. The Morgan fingerprint density at radius 1 is 1.24 bits per heavy atom. The predicted molar refractivity (Wildman–Crippen MR) is 84.4 cm³/mol. The zero-order valence-corrected chi connectivity index (χ0v) is 13.7. The molecule has 0 aliphatic carbocycles. The van der Waals surface area contributed by atoms with E-state index >= 15 is 0 Å². The van der Waals surface area contributed by atoms with E-state index in [-0.39, 0.29) is 16.3 Å². The average Bonchev–Trinajstić information content (AvgIpc) is 2.59. The summed E-state index contributed by atoms with van der Waals surface area (Å²) in [5.41, 5.74) is 0.128. The summed E-state index contributed by atoms with van der Waals surface area (Å²) in [6, 6.07) is 7.29. The summed E-state index contributed by atoms with van der Waals surface area (Å²) in [5, 5.41) is 10.6. The Morgan fingerprint density at radius 3 is 2.36 bits per heavy atom. The lowest BCUT2D eigenvalue weighted by molar-refractivity contribution is -0.389. The summed E-state index contributed by atoms with van der Waals surface area (Å²) >= 11 is 0. The van der Waals surface area contributed by atoms with Crippen LogP contribution in [0.4, 0.5) is 20.3 Å². The Labute approximate surface area is 141 Å². The van der Waals surface area contributed by atoms with E-state index in [1.807, 2.05) is 0 Å². The van der Waals surface area contributed by atoms with Crippen molar-refractivity contribution < 1.29 is 26.9 Å². The van der Waals surface area contributed by atoms with Gasteiger partial charge in [0.1, 0.15) is 12.4 Å². The van der Waals surface area contributed by atoms with E-state index in [9.17, 15) is 27.3 Å². The summed E-state index contributed by atoms with van der Waals surface area (Å²) < 4.78 is 54.9. The topological polar surface area (TPSA) is 103 Å². The fourth-order valence-electron chi connectivity index (χ4n) is 1.84. The van der Waals surface area contributed by atoms with E-state index < -0.39 is 33.8 Å². The van der Waals surface area contributed by atoms with Gasteiger partial charge in [0, 0.05) is 13.1 Å². The molecule has 0 fully saturated rings. The molecule has 2 aromatic rings. The Hall–Kier alpha value is -2.82. The molecule has 0 aliphatic rings. The number of ether oxygens (including phenoxy) is 1. The van der Waals surface area contributed by atoms with Gasteiger partial charge in [-0.05, 0) is 40.2 Å². The quantitative estimate of drug-likeness (QED) is 0.546. The number of pyridine rings is 1. The SMILES string of the molecule is CN(c1ccc([N+](=O)[O-])nc1)S(=O)(=O)c1ccc(OCC(F)F)cc1. The number of anilines is 1. The number of rotatable bonds is 7. The summed E-state index contributed by atoms with van der Waals surface area (Å²) in [4.78, 5) is 13.3. The van der Waals surface area contributed by atoms with Gasteiger partial charge in [-0.15, -0.1) is 0 Å². The molecule has 1 aromatic carbocycles. The monoisotopic (exact) mass is 373 g/mol. The fraction of sp³-hybridized carbons (Fsp3) is 0.214. The zero-order valence-electron chi connectivity index (χ0n) is 12.9. The van der Waals surface area contributed by atoms with E-state index in [0.717, 1.165) is 16.6 Å². The Bertz CT molecular complexity index is 842. The van der Waals surface area contributed by atoms with Gasteiger partial charge >= 0.3 is 5.82 Å². The third-order valence-corrected chi connectivity index (χ3v) is 4.94. The van der Waals surface area contributed by atoms with Crippen molar-refractivity contribution in [2.24, 2.45) is 0 Å². The van der Waals surface area contributed by atoms with Gasteiger partial charge in [-0.3, -0.25) is 4.31 Å². The molecule has 1 aromatic heterocycles. The van der Waals surface area contributed by atoms with Crippen LogP contribution >= 0.6 is 0 Å². The van der Waals surface area contributed by atoms with Crippen LogP contribution in [0.2, 0.25) is 0 Å². The minimum absolute atomic E-state index is 0.0993. The predicted octanol–water partition coefficient (Wildman–Crippen LogP) is 2.46. The maximum Gasteiger partial charge on any atom is 0.363 e. The van der Waals surface area contributed by atoms with E-state index in [1.54, 1.807) is 0 Å². The first-order valence-electron chi connectivity index (χ1n) is 6.82. The number of alkyl halides is 2. The van der Waals surface area contributed by atoms with Crippen LogP contribution in [0, 0.1) is 10.1 Å². The highest BCUT2D eigenvalue weighted by Gasteiger charge is 2.23. The van der Waals surface area contributed by atoms with Gasteiger partial charge in [0.15, 0.2) is 6.20 Å². The second-order valence-corrected chi connectivity index (χ2v) is 6.75. The van der Waals surface area contributed by atoms with Crippen molar-refractivity contribution in [3.63, 3.8) is 0 Å². The summed E-state index contributed by atoms with van der Waals surface area (Å²) in [5.74, 6) is -0.297. The van der Waals surface area contributed by atoms with Crippen LogP contribution in [0.1, 0.15) is 0 Å². The van der Waals surface area contributed by atoms with Crippen molar-refractivity contribution in [1.29, 1.82) is 0 Å². The Kier molecular flexibility index (Phi) is 5.47. The molecule has 8 nitrogen and oxygen atoms in total. The van der Waals surface area contributed by atoms with Gasteiger partial charge in [-0.1, -0.05) is 0 Å².